The van der Waals surface area contributed by atoms with Crippen LogP contribution in [-0.4, -0.2) is 41.1 Å². The Labute approximate surface area is 109 Å². The fourth-order valence-electron chi connectivity index (χ4n) is 2.56. The third-order valence-electron chi connectivity index (χ3n) is 3.24. The molecule has 5 heteroatoms. The summed E-state index contributed by atoms with van der Waals surface area (Å²) in [6.45, 7) is 6.06. The highest BCUT2D eigenvalue weighted by Crippen LogP contribution is 2.28. The van der Waals surface area contributed by atoms with E-state index in [-0.39, 0.29) is 11.9 Å². The lowest BCUT2D eigenvalue weighted by Gasteiger charge is -2.37. The van der Waals surface area contributed by atoms with Crippen LogP contribution >= 0.6 is 0 Å². The summed E-state index contributed by atoms with van der Waals surface area (Å²) in [5.41, 5.74) is -0.583. The van der Waals surface area contributed by atoms with E-state index in [1.54, 1.807) is 25.7 Å². The molecule has 5 nitrogen and oxygen atoms in total. The monoisotopic (exact) mass is 255 g/mol. The van der Waals surface area contributed by atoms with Gasteiger partial charge in [-0.15, -0.1) is 0 Å². The second-order valence-corrected chi connectivity index (χ2v) is 5.90. The molecule has 0 aromatic rings. The molecule has 2 atom stereocenters. The third-order valence-corrected chi connectivity index (χ3v) is 3.24. The predicted molar refractivity (Wildman–Crippen MR) is 67.1 cm³/mol. The molecule has 102 valence electrons. The van der Waals surface area contributed by atoms with Gasteiger partial charge in [-0.3, -0.25) is 4.79 Å². The first-order chi connectivity index (χ1) is 8.71. The summed E-state index contributed by atoms with van der Waals surface area (Å²) in [6, 6.07) is -1.34. The van der Waals surface area contributed by atoms with Crippen molar-refractivity contribution in [3.63, 3.8) is 0 Å². The number of amides is 2. The molecule has 2 aliphatic rings. The van der Waals surface area contributed by atoms with Crippen LogP contribution in [0.2, 0.25) is 0 Å². The van der Waals surface area contributed by atoms with Crippen LogP contribution in [0.1, 0.15) is 47.8 Å². The summed E-state index contributed by atoms with van der Waals surface area (Å²) in [5.74, 6) is 0.0901. The predicted octanol–water partition coefficient (Wildman–Crippen LogP) is 1.66. The first kappa shape index (κ1) is 11.8. The van der Waals surface area contributed by atoms with Crippen LogP contribution < -0.4 is 5.32 Å². The van der Waals surface area contributed by atoms with Crippen molar-refractivity contribution in [1.29, 1.82) is 0 Å². The topological polar surface area (TPSA) is 58.6 Å². The minimum Gasteiger partial charge on any atom is -0.444 e. The number of alkyl carbamates (subject to hydrolysis) is 1. The van der Waals surface area contributed by atoms with Crippen molar-refractivity contribution in [2.45, 2.75) is 64.1 Å². The van der Waals surface area contributed by atoms with E-state index in [9.17, 15) is 9.59 Å². The van der Waals surface area contributed by atoms with Gasteiger partial charge in [0.1, 0.15) is 5.60 Å². The number of hydrogen-bond acceptors (Lipinski definition) is 3. The van der Waals surface area contributed by atoms with Crippen molar-refractivity contribution in [3.8, 4) is 0 Å². The number of fused-ring (bicyclic) bond motifs is 1. The van der Waals surface area contributed by atoms with Crippen LogP contribution in [-0.2, 0) is 9.53 Å². The largest absolute Gasteiger partial charge is 0.444 e. The maximum atomic E-state index is 11.8. The van der Waals surface area contributed by atoms with Crippen molar-refractivity contribution in [3.05, 3.63) is 0 Å². The van der Waals surface area contributed by atoms with Gasteiger partial charge in [0, 0.05) is 13.0 Å². The highest BCUT2D eigenvalue weighted by Gasteiger charge is 2.39. The molecule has 2 heterocycles. The van der Waals surface area contributed by atoms with E-state index >= 15 is 0 Å². The highest BCUT2D eigenvalue weighted by atomic mass is 16.6. The molecule has 0 aliphatic carbocycles. The zero-order valence-electron chi connectivity index (χ0n) is 12.3. The zero-order chi connectivity index (χ0) is 14.3. The number of nitrogens with one attached hydrogen (secondary N) is 1. The van der Waals surface area contributed by atoms with Gasteiger partial charge in [-0.05, 0) is 40.0 Å². The molecule has 2 aliphatic heterocycles. The Hall–Kier alpha value is -1.26. The van der Waals surface area contributed by atoms with Gasteiger partial charge in [0.15, 0.2) is 0 Å². The minimum atomic E-state index is -1.12. The average Bonchev–Trinajstić information content (AvgIpc) is 2.59. The van der Waals surface area contributed by atoms with Crippen molar-refractivity contribution < 1.29 is 15.7 Å². The fraction of sp³-hybridized carbons (Fsp3) is 0.846. The molecular formula is C13H22N2O3. The standard InChI is InChI=1S/C13H22N2O3/c1-13(2,3)18-12(17)14-9-5-4-8-15-10(9)6-7-11(15)16/h9-10H,4-8H2,1-3H3,(H,14,17)/t9-,10+/m1/s1/i9D. The lowest BCUT2D eigenvalue weighted by molar-refractivity contribution is -0.130. The first-order valence-corrected chi connectivity index (χ1v) is 6.52. The van der Waals surface area contributed by atoms with Crippen LogP contribution in [0.15, 0.2) is 0 Å². The molecule has 0 spiro atoms. The number of nitrogens with zero attached hydrogens (tertiary/aromatic N) is 1. The highest BCUT2D eigenvalue weighted by molar-refractivity contribution is 5.79. The molecule has 2 amide bonds. The Kier molecular flexibility index (Phi) is 3.14. The number of piperidine rings is 1. The first-order valence-electron chi connectivity index (χ1n) is 7.02. The van der Waals surface area contributed by atoms with E-state index in [0.717, 1.165) is 6.42 Å². The molecule has 0 aromatic carbocycles. The zero-order valence-corrected chi connectivity index (χ0v) is 11.3. The maximum absolute atomic E-state index is 11.8. The lowest BCUT2D eigenvalue weighted by Crippen LogP contribution is -2.54. The summed E-state index contributed by atoms with van der Waals surface area (Å²) < 4.78 is 13.7. The van der Waals surface area contributed by atoms with E-state index in [1.165, 1.54) is 0 Å². The molecule has 0 radical (unpaired) electrons. The van der Waals surface area contributed by atoms with Crippen molar-refractivity contribution in [1.82, 2.24) is 10.2 Å². The van der Waals surface area contributed by atoms with Gasteiger partial charge < -0.3 is 15.0 Å². The van der Waals surface area contributed by atoms with Crippen molar-refractivity contribution in [2.75, 3.05) is 6.54 Å². The molecule has 1 N–H and O–H groups in total. The van der Waals surface area contributed by atoms with E-state index < -0.39 is 17.7 Å². The van der Waals surface area contributed by atoms with E-state index in [2.05, 4.69) is 5.32 Å². The summed E-state index contributed by atoms with van der Waals surface area (Å²) in [7, 11) is 0. The average molecular weight is 255 g/mol. The van der Waals surface area contributed by atoms with E-state index in [4.69, 9.17) is 6.11 Å². The van der Waals surface area contributed by atoms with Crippen LogP contribution in [0.25, 0.3) is 0 Å². The summed E-state index contributed by atoms with van der Waals surface area (Å²) >= 11 is 0. The second kappa shape index (κ2) is 4.78. The number of hydrogen-bond donors (Lipinski definition) is 1. The third kappa shape index (κ3) is 2.94. The lowest BCUT2D eigenvalue weighted by atomic mass is 9.96. The minimum absolute atomic E-state index is 0.0901. The summed E-state index contributed by atoms with van der Waals surface area (Å²) in [4.78, 5) is 25.3. The Bertz CT molecular complexity index is 394. The molecular weight excluding hydrogens is 232 g/mol. The van der Waals surface area contributed by atoms with Gasteiger partial charge in [0.2, 0.25) is 5.91 Å². The summed E-state index contributed by atoms with van der Waals surface area (Å²) in [6.07, 6.45) is 1.82. The molecule has 2 fully saturated rings. The maximum Gasteiger partial charge on any atom is 0.407 e. The van der Waals surface area contributed by atoms with Crippen LogP contribution in [0, 0.1) is 0 Å². The van der Waals surface area contributed by atoms with E-state index in [1.807, 2.05) is 0 Å². The van der Waals surface area contributed by atoms with Gasteiger partial charge in [0.25, 0.3) is 0 Å². The molecule has 18 heavy (non-hydrogen) atoms. The molecule has 0 bridgehead atoms. The van der Waals surface area contributed by atoms with Gasteiger partial charge in [-0.1, -0.05) is 0 Å². The molecule has 2 rings (SSSR count). The number of rotatable bonds is 1. The Morgan fingerprint density at radius 2 is 2.22 bits per heavy atom. The Morgan fingerprint density at radius 3 is 2.89 bits per heavy atom. The van der Waals surface area contributed by atoms with Crippen molar-refractivity contribution >= 4 is 12.0 Å². The van der Waals surface area contributed by atoms with Crippen LogP contribution in [0.5, 0.6) is 0 Å². The van der Waals surface area contributed by atoms with Crippen LogP contribution in [0.3, 0.4) is 0 Å². The van der Waals surface area contributed by atoms with Crippen molar-refractivity contribution in [2.24, 2.45) is 0 Å². The van der Waals surface area contributed by atoms with Gasteiger partial charge in [-0.25, -0.2) is 4.79 Å². The van der Waals surface area contributed by atoms with Crippen LogP contribution in [0.4, 0.5) is 4.79 Å². The Balaban J connectivity index is 2.05. The number of carbonyl (C=O) groups excluding carboxylic acids is 2. The SMILES string of the molecule is [2H][C@@]1(NC(=O)OC(C)(C)C)CCCN2C(=O)CC[C@H]21. The van der Waals surface area contributed by atoms with Gasteiger partial charge in [-0.2, -0.15) is 0 Å². The van der Waals surface area contributed by atoms with Gasteiger partial charge in [0.05, 0.1) is 13.4 Å². The summed E-state index contributed by atoms with van der Waals surface area (Å²) in [5, 5.41) is 2.66. The quantitative estimate of drug-likeness (QED) is 0.775. The Morgan fingerprint density at radius 1 is 1.50 bits per heavy atom. The molecule has 0 saturated carbocycles. The number of ether oxygens (including phenoxy) is 1. The molecule has 0 aromatic heterocycles. The normalized spacial score (nSPS) is 32.8. The second-order valence-electron chi connectivity index (χ2n) is 5.90. The van der Waals surface area contributed by atoms with E-state index in [0.29, 0.717) is 25.8 Å². The smallest absolute Gasteiger partial charge is 0.407 e. The number of carbonyl (C=O) groups is 2. The molecule has 2 saturated heterocycles. The molecule has 0 unspecified atom stereocenters. The fourth-order valence-corrected chi connectivity index (χ4v) is 2.56. The van der Waals surface area contributed by atoms with Gasteiger partial charge >= 0.3 is 6.09 Å².